The zero-order valence-corrected chi connectivity index (χ0v) is 16.8. The van der Waals surface area contributed by atoms with Gasteiger partial charge in [-0.05, 0) is 36.2 Å². The topological polar surface area (TPSA) is 86.7 Å². The number of nitrogens with one attached hydrogen (secondary N) is 1. The third-order valence-electron chi connectivity index (χ3n) is 3.72. The molecule has 2 aromatic carbocycles. The Labute approximate surface area is 168 Å². The Morgan fingerprint density at radius 1 is 1.11 bits per heavy atom. The van der Waals surface area contributed by atoms with Crippen molar-refractivity contribution in [2.24, 2.45) is 0 Å². The van der Waals surface area contributed by atoms with Gasteiger partial charge < -0.3 is 10.4 Å². The summed E-state index contributed by atoms with van der Waals surface area (Å²) in [4.78, 5) is 12.3. The zero-order valence-electron chi connectivity index (χ0n) is 14.4. The molecule has 2 rings (SSSR count). The van der Waals surface area contributed by atoms with E-state index in [1.54, 1.807) is 30.3 Å². The van der Waals surface area contributed by atoms with Crippen molar-refractivity contribution in [3.05, 3.63) is 64.1 Å². The SMILES string of the molecule is O=C(CN(Cc1ccc(Cl)cc1Cl)S(=O)(=O)c1ccccc1)NCCCO. The summed E-state index contributed by atoms with van der Waals surface area (Å²) in [6.07, 6.45) is 0.389. The van der Waals surface area contributed by atoms with Crippen molar-refractivity contribution in [1.82, 2.24) is 9.62 Å². The van der Waals surface area contributed by atoms with Crippen LogP contribution in [0.4, 0.5) is 0 Å². The molecule has 6 nitrogen and oxygen atoms in total. The Hall–Kier alpha value is -1.64. The average molecular weight is 431 g/mol. The van der Waals surface area contributed by atoms with Gasteiger partial charge in [0.15, 0.2) is 0 Å². The maximum Gasteiger partial charge on any atom is 0.243 e. The van der Waals surface area contributed by atoms with Gasteiger partial charge >= 0.3 is 0 Å². The molecule has 0 aliphatic rings. The Morgan fingerprint density at radius 2 is 1.81 bits per heavy atom. The summed E-state index contributed by atoms with van der Waals surface area (Å²) in [6, 6.07) is 12.6. The highest BCUT2D eigenvalue weighted by atomic mass is 35.5. The van der Waals surface area contributed by atoms with Crippen LogP contribution in [-0.2, 0) is 21.4 Å². The van der Waals surface area contributed by atoms with Crippen molar-refractivity contribution in [2.75, 3.05) is 19.7 Å². The molecule has 0 fully saturated rings. The van der Waals surface area contributed by atoms with E-state index >= 15 is 0 Å². The van der Waals surface area contributed by atoms with Crippen LogP contribution in [0, 0.1) is 0 Å². The summed E-state index contributed by atoms with van der Waals surface area (Å²) in [6.45, 7) is -0.259. The Balaban J connectivity index is 2.29. The minimum absolute atomic E-state index is 0.0628. The van der Waals surface area contributed by atoms with Gasteiger partial charge in [-0.3, -0.25) is 4.79 Å². The molecule has 2 aromatic rings. The molecule has 1 amide bonds. The smallest absolute Gasteiger partial charge is 0.243 e. The first-order valence-corrected chi connectivity index (χ1v) is 10.4. The van der Waals surface area contributed by atoms with E-state index in [1.807, 2.05) is 0 Å². The summed E-state index contributed by atoms with van der Waals surface area (Å²) >= 11 is 12.1. The van der Waals surface area contributed by atoms with E-state index in [0.717, 1.165) is 4.31 Å². The normalized spacial score (nSPS) is 11.6. The van der Waals surface area contributed by atoms with Crippen LogP contribution in [0.1, 0.15) is 12.0 Å². The number of benzene rings is 2. The van der Waals surface area contributed by atoms with Gasteiger partial charge in [0.1, 0.15) is 0 Å². The Bertz CT molecular complexity index is 876. The summed E-state index contributed by atoms with van der Waals surface area (Å²) in [5.41, 5.74) is 0.531. The molecule has 0 radical (unpaired) electrons. The monoisotopic (exact) mass is 430 g/mol. The second-order valence-corrected chi connectivity index (χ2v) is 8.53. The molecule has 0 unspecified atom stereocenters. The molecule has 0 saturated heterocycles. The first kappa shape index (κ1) is 21.7. The number of hydrogen-bond donors (Lipinski definition) is 2. The molecule has 146 valence electrons. The van der Waals surface area contributed by atoms with Crippen molar-refractivity contribution in [2.45, 2.75) is 17.9 Å². The molecule has 0 bridgehead atoms. The number of aliphatic hydroxyl groups is 1. The van der Waals surface area contributed by atoms with Gasteiger partial charge in [0, 0.05) is 29.7 Å². The van der Waals surface area contributed by atoms with E-state index in [1.165, 1.54) is 18.2 Å². The maximum atomic E-state index is 13.0. The third kappa shape index (κ3) is 6.19. The first-order chi connectivity index (χ1) is 12.8. The molecular weight excluding hydrogens is 411 g/mol. The summed E-state index contributed by atoms with van der Waals surface area (Å²) in [7, 11) is -3.92. The van der Waals surface area contributed by atoms with Crippen molar-refractivity contribution in [3.63, 3.8) is 0 Å². The summed E-state index contributed by atoms with van der Waals surface area (Å²) in [5, 5.41) is 12.1. The van der Waals surface area contributed by atoms with Crippen molar-refractivity contribution in [3.8, 4) is 0 Å². The maximum absolute atomic E-state index is 13.0. The highest BCUT2D eigenvalue weighted by molar-refractivity contribution is 7.89. The van der Waals surface area contributed by atoms with Crippen LogP contribution in [0.5, 0.6) is 0 Å². The van der Waals surface area contributed by atoms with E-state index in [-0.39, 0.29) is 31.1 Å². The molecule has 0 atom stereocenters. The van der Waals surface area contributed by atoms with Gasteiger partial charge in [-0.2, -0.15) is 4.31 Å². The summed E-state index contributed by atoms with van der Waals surface area (Å²) < 4.78 is 27.1. The van der Waals surface area contributed by atoms with Gasteiger partial charge in [-0.1, -0.05) is 47.5 Å². The first-order valence-electron chi connectivity index (χ1n) is 8.21. The number of carbonyl (C=O) groups excluding carboxylic acids is 1. The van der Waals surface area contributed by atoms with Gasteiger partial charge in [0.25, 0.3) is 0 Å². The minimum atomic E-state index is -3.92. The molecular formula is C18H20Cl2N2O4S. The number of sulfonamides is 1. The molecule has 9 heteroatoms. The lowest BCUT2D eigenvalue weighted by molar-refractivity contribution is -0.121. The predicted octanol–water partition coefficient (Wildman–Crippen LogP) is 2.68. The van der Waals surface area contributed by atoms with E-state index in [0.29, 0.717) is 22.0 Å². The van der Waals surface area contributed by atoms with Gasteiger partial charge in [0.05, 0.1) is 11.4 Å². The van der Waals surface area contributed by atoms with Crippen LogP contribution in [0.2, 0.25) is 10.0 Å². The van der Waals surface area contributed by atoms with Crippen LogP contribution in [0.15, 0.2) is 53.4 Å². The number of rotatable bonds is 9. The molecule has 0 aliphatic carbocycles. The predicted molar refractivity (Wildman–Crippen MR) is 105 cm³/mol. The van der Waals surface area contributed by atoms with Crippen LogP contribution >= 0.6 is 23.2 Å². The number of nitrogens with zero attached hydrogens (tertiary/aromatic N) is 1. The fraction of sp³-hybridized carbons (Fsp3) is 0.278. The van der Waals surface area contributed by atoms with Gasteiger partial charge in [-0.25, -0.2) is 8.42 Å². The second kappa shape index (κ2) is 10.1. The fourth-order valence-electron chi connectivity index (χ4n) is 2.33. The highest BCUT2D eigenvalue weighted by Crippen LogP contribution is 2.25. The van der Waals surface area contributed by atoms with Gasteiger partial charge in [0.2, 0.25) is 15.9 Å². The number of amides is 1. The quantitative estimate of drug-likeness (QED) is 0.598. The lowest BCUT2D eigenvalue weighted by atomic mass is 10.2. The molecule has 2 N–H and O–H groups in total. The lowest BCUT2D eigenvalue weighted by Gasteiger charge is -2.22. The molecule has 0 saturated carbocycles. The number of halogens is 2. The number of aliphatic hydroxyl groups excluding tert-OH is 1. The van der Waals surface area contributed by atoms with Gasteiger partial charge in [-0.15, -0.1) is 0 Å². The largest absolute Gasteiger partial charge is 0.396 e. The molecule has 0 aromatic heterocycles. The molecule has 0 heterocycles. The molecule has 0 aliphatic heterocycles. The van der Waals surface area contributed by atoms with Crippen LogP contribution in [0.3, 0.4) is 0 Å². The van der Waals surface area contributed by atoms with E-state index in [4.69, 9.17) is 28.3 Å². The highest BCUT2D eigenvalue weighted by Gasteiger charge is 2.27. The standard InChI is InChI=1S/C18H20Cl2N2O4S/c19-15-8-7-14(17(20)11-15)12-22(13-18(24)21-9-4-10-23)27(25,26)16-5-2-1-3-6-16/h1-3,5-8,11,23H,4,9-10,12-13H2,(H,21,24). The second-order valence-electron chi connectivity index (χ2n) is 5.75. The van der Waals surface area contributed by atoms with E-state index < -0.39 is 15.9 Å². The summed E-state index contributed by atoms with van der Waals surface area (Å²) in [5.74, 6) is -0.465. The van der Waals surface area contributed by atoms with Crippen LogP contribution < -0.4 is 5.32 Å². The van der Waals surface area contributed by atoms with Crippen molar-refractivity contribution in [1.29, 1.82) is 0 Å². The van der Waals surface area contributed by atoms with Crippen LogP contribution in [0.25, 0.3) is 0 Å². The fourth-order valence-corrected chi connectivity index (χ4v) is 4.19. The molecule has 0 spiro atoms. The Morgan fingerprint density at radius 3 is 2.44 bits per heavy atom. The molecule has 27 heavy (non-hydrogen) atoms. The van der Waals surface area contributed by atoms with Crippen LogP contribution in [-0.4, -0.2) is 43.4 Å². The minimum Gasteiger partial charge on any atom is -0.396 e. The zero-order chi connectivity index (χ0) is 19.9. The van der Waals surface area contributed by atoms with Crippen molar-refractivity contribution >= 4 is 39.1 Å². The van der Waals surface area contributed by atoms with E-state index in [9.17, 15) is 13.2 Å². The third-order valence-corrected chi connectivity index (χ3v) is 6.11. The van der Waals surface area contributed by atoms with Crippen molar-refractivity contribution < 1.29 is 18.3 Å². The number of hydrogen-bond acceptors (Lipinski definition) is 4. The van der Waals surface area contributed by atoms with E-state index in [2.05, 4.69) is 5.32 Å². The number of carbonyl (C=O) groups is 1. The Kier molecular flexibility index (Phi) is 8.07. The lowest BCUT2D eigenvalue weighted by Crippen LogP contribution is -2.40. The average Bonchev–Trinajstić information content (AvgIpc) is 2.64.